The van der Waals surface area contributed by atoms with Crippen LogP contribution in [-0.2, 0) is 14.3 Å². The van der Waals surface area contributed by atoms with E-state index in [2.05, 4.69) is 29.6 Å². The quantitative estimate of drug-likeness (QED) is 0.547. The molecule has 0 bridgehead atoms. The highest BCUT2D eigenvalue weighted by atomic mass is 16.5. The van der Waals surface area contributed by atoms with Gasteiger partial charge >= 0.3 is 12.1 Å². The average Bonchev–Trinajstić information content (AvgIpc) is 3.12. The van der Waals surface area contributed by atoms with Crippen molar-refractivity contribution >= 4 is 18.0 Å². The third kappa shape index (κ3) is 4.77. The van der Waals surface area contributed by atoms with Crippen molar-refractivity contribution in [2.75, 3.05) is 20.2 Å². The van der Waals surface area contributed by atoms with Gasteiger partial charge in [-0.1, -0.05) is 62.4 Å². The minimum atomic E-state index is -1.08. The van der Waals surface area contributed by atoms with E-state index >= 15 is 0 Å². The second kappa shape index (κ2) is 10.1. The fraction of sp³-hybridized carbons (Fsp3) is 0.464. The molecule has 1 fully saturated rings. The van der Waals surface area contributed by atoms with Gasteiger partial charge in [0.1, 0.15) is 12.1 Å². The predicted molar refractivity (Wildman–Crippen MR) is 133 cm³/mol. The minimum absolute atomic E-state index is 0.0149. The van der Waals surface area contributed by atoms with Crippen molar-refractivity contribution in [2.45, 2.75) is 51.0 Å². The molecule has 0 saturated heterocycles. The van der Waals surface area contributed by atoms with Crippen molar-refractivity contribution in [3.63, 3.8) is 0 Å². The summed E-state index contributed by atoms with van der Waals surface area (Å²) < 4.78 is 5.61. The molecule has 7 nitrogen and oxygen atoms in total. The van der Waals surface area contributed by atoms with Gasteiger partial charge in [0.15, 0.2) is 0 Å². The molecule has 0 spiro atoms. The lowest BCUT2D eigenvalue weighted by Gasteiger charge is -2.45. The van der Waals surface area contributed by atoms with Crippen LogP contribution in [0.15, 0.2) is 48.5 Å². The number of aliphatic carboxylic acids is 1. The van der Waals surface area contributed by atoms with Crippen molar-refractivity contribution in [3.05, 3.63) is 59.7 Å². The number of carbonyl (C=O) groups is 3. The smallest absolute Gasteiger partial charge is 0.407 e. The molecule has 0 radical (unpaired) electrons. The molecule has 1 unspecified atom stereocenters. The van der Waals surface area contributed by atoms with Gasteiger partial charge in [-0.15, -0.1) is 0 Å². The Morgan fingerprint density at radius 3 is 2.11 bits per heavy atom. The topological polar surface area (TPSA) is 95.9 Å². The molecule has 0 aromatic heterocycles. The summed E-state index contributed by atoms with van der Waals surface area (Å²) in [5.41, 5.74) is 3.56. The molecule has 1 saturated carbocycles. The van der Waals surface area contributed by atoms with Crippen molar-refractivity contribution < 1.29 is 24.2 Å². The van der Waals surface area contributed by atoms with Crippen LogP contribution in [-0.4, -0.2) is 53.7 Å². The summed E-state index contributed by atoms with van der Waals surface area (Å²) in [7, 11) is 1.58. The summed E-state index contributed by atoms with van der Waals surface area (Å²) >= 11 is 0. The number of alkyl carbamates (subject to hydrolysis) is 1. The fourth-order valence-corrected chi connectivity index (χ4v) is 5.21. The molecule has 186 valence electrons. The zero-order valence-corrected chi connectivity index (χ0v) is 20.6. The number of carbonyl (C=O) groups excluding carboxylic acids is 2. The van der Waals surface area contributed by atoms with Gasteiger partial charge in [-0.2, -0.15) is 0 Å². The number of likely N-dealkylation sites (N-methyl/N-ethyl adjacent to an activating group) is 1. The number of nitrogens with one attached hydrogen (secondary N) is 1. The van der Waals surface area contributed by atoms with Gasteiger partial charge in [-0.3, -0.25) is 4.79 Å². The standard InChI is InChI=1S/C28H34N2O5/c1-18(2)19(15-25(31)30(3)28(26(32)33)13-8-14-28)16-29-27(34)35-17-24-22-11-6-4-9-20(22)21-10-5-7-12-23(21)24/h4-7,9-12,18-19,24H,8,13-17H2,1-3H3,(H,29,34)(H,32,33). The maximum atomic E-state index is 12.9. The number of benzene rings is 2. The molecule has 2 aliphatic carbocycles. The highest BCUT2D eigenvalue weighted by molar-refractivity contribution is 5.88. The number of carboxylic acid groups (broad SMARTS) is 1. The molecule has 2 amide bonds. The zero-order valence-electron chi connectivity index (χ0n) is 20.6. The first-order valence-corrected chi connectivity index (χ1v) is 12.3. The minimum Gasteiger partial charge on any atom is -0.479 e. The molecular formula is C28H34N2O5. The van der Waals surface area contributed by atoms with Crippen LogP contribution < -0.4 is 5.32 Å². The fourth-order valence-electron chi connectivity index (χ4n) is 5.21. The van der Waals surface area contributed by atoms with Gasteiger partial charge in [-0.05, 0) is 53.4 Å². The Kier molecular flexibility index (Phi) is 7.15. The highest BCUT2D eigenvalue weighted by Gasteiger charge is 2.49. The average molecular weight is 479 g/mol. The van der Waals surface area contributed by atoms with E-state index in [9.17, 15) is 19.5 Å². The number of amides is 2. The molecule has 4 rings (SSSR count). The second-order valence-electron chi connectivity index (χ2n) is 10.1. The molecule has 2 aromatic rings. The Labute approximate surface area is 206 Å². The van der Waals surface area contributed by atoms with Crippen LogP contribution in [0, 0.1) is 11.8 Å². The molecule has 7 heteroatoms. The molecule has 2 N–H and O–H groups in total. The highest BCUT2D eigenvalue weighted by Crippen LogP contribution is 2.44. The number of ether oxygens (including phenoxy) is 1. The van der Waals surface area contributed by atoms with Crippen LogP contribution in [0.2, 0.25) is 0 Å². The van der Waals surface area contributed by atoms with Gasteiger partial charge < -0.3 is 20.1 Å². The van der Waals surface area contributed by atoms with Crippen LogP contribution in [0.25, 0.3) is 11.1 Å². The normalized spacial score (nSPS) is 16.6. The number of fused-ring (bicyclic) bond motifs is 3. The third-order valence-corrected chi connectivity index (χ3v) is 7.83. The SMILES string of the molecule is CC(C)C(CNC(=O)OCC1c2ccccc2-c2ccccc21)CC(=O)N(C)C1(C(=O)O)CCC1. The maximum Gasteiger partial charge on any atom is 0.407 e. The Hall–Kier alpha value is -3.35. The maximum absolute atomic E-state index is 12.9. The summed E-state index contributed by atoms with van der Waals surface area (Å²) in [5, 5.41) is 12.4. The van der Waals surface area contributed by atoms with E-state index in [1.807, 2.05) is 38.1 Å². The van der Waals surface area contributed by atoms with E-state index in [-0.39, 0.29) is 43.2 Å². The van der Waals surface area contributed by atoms with E-state index in [1.165, 1.54) is 16.0 Å². The van der Waals surface area contributed by atoms with Gasteiger partial charge in [-0.25, -0.2) is 9.59 Å². The monoisotopic (exact) mass is 478 g/mol. The summed E-state index contributed by atoms with van der Waals surface area (Å²) in [4.78, 5) is 38.6. The van der Waals surface area contributed by atoms with E-state index in [0.717, 1.165) is 17.5 Å². The predicted octanol–water partition coefficient (Wildman–Crippen LogP) is 4.65. The summed E-state index contributed by atoms with van der Waals surface area (Å²) in [6, 6.07) is 16.4. The van der Waals surface area contributed by atoms with Gasteiger partial charge in [0.2, 0.25) is 5.91 Å². The summed E-state index contributed by atoms with van der Waals surface area (Å²) in [5.74, 6) is -1.17. The lowest BCUT2D eigenvalue weighted by molar-refractivity contribution is -0.164. The molecule has 35 heavy (non-hydrogen) atoms. The number of carboxylic acids is 1. The second-order valence-corrected chi connectivity index (χ2v) is 10.1. The van der Waals surface area contributed by atoms with Gasteiger partial charge in [0.05, 0.1) is 0 Å². The molecule has 2 aliphatic rings. The molecule has 0 aliphatic heterocycles. The molecule has 2 aromatic carbocycles. The number of hydrogen-bond donors (Lipinski definition) is 2. The van der Waals surface area contributed by atoms with E-state index in [1.54, 1.807) is 7.05 Å². The van der Waals surface area contributed by atoms with Gasteiger partial charge in [0, 0.05) is 25.9 Å². The first kappa shape index (κ1) is 24.8. The molecular weight excluding hydrogens is 444 g/mol. The van der Waals surface area contributed by atoms with Crippen LogP contribution in [0.5, 0.6) is 0 Å². The first-order chi connectivity index (χ1) is 16.7. The van der Waals surface area contributed by atoms with E-state index in [0.29, 0.717) is 12.8 Å². The lowest BCUT2D eigenvalue weighted by atomic mass is 9.75. The Morgan fingerprint density at radius 2 is 1.63 bits per heavy atom. The Balaban J connectivity index is 1.33. The van der Waals surface area contributed by atoms with E-state index < -0.39 is 17.6 Å². The summed E-state index contributed by atoms with van der Waals surface area (Å²) in [6.07, 6.45) is 1.43. The Bertz CT molecular complexity index is 1060. The zero-order chi connectivity index (χ0) is 25.2. The van der Waals surface area contributed by atoms with E-state index in [4.69, 9.17) is 4.74 Å². The molecule has 1 atom stereocenters. The van der Waals surface area contributed by atoms with Crippen molar-refractivity contribution in [3.8, 4) is 11.1 Å². The van der Waals surface area contributed by atoms with Crippen molar-refractivity contribution in [1.82, 2.24) is 10.2 Å². The van der Waals surface area contributed by atoms with Gasteiger partial charge in [0.25, 0.3) is 0 Å². The first-order valence-electron chi connectivity index (χ1n) is 12.3. The lowest BCUT2D eigenvalue weighted by Crippen LogP contribution is -2.60. The van der Waals surface area contributed by atoms with Crippen molar-refractivity contribution in [1.29, 1.82) is 0 Å². The van der Waals surface area contributed by atoms with Crippen molar-refractivity contribution in [2.24, 2.45) is 11.8 Å². The summed E-state index contributed by atoms with van der Waals surface area (Å²) in [6.45, 7) is 4.50. The third-order valence-electron chi connectivity index (χ3n) is 7.83. The van der Waals surface area contributed by atoms with Crippen LogP contribution in [0.4, 0.5) is 4.79 Å². The van der Waals surface area contributed by atoms with Crippen LogP contribution in [0.1, 0.15) is 56.6 Å². The number of nitrogens with zero attached hydrogens (tertiary/aromatic N) is 1. The largest absolute Gasteiger partial charge is 0.479 e. The van der Waals surface area contributed by atoms with Crippen LogP contribution in [0.3, 0.4) is 0 Å². The molecule has 0 heterocycles. The number of hydrogen-bond acceptors (Lipinski definition) is 4. The van der Waals surface area contributed by atoms with Crippen LogP contribution >= 0.6 is 0 Å². The Morgan fingerprint density at radius 1 is 1.06 bits per heavy atom. The number of rotatable bonds is 9.